The predicted octanol–water partition coefficient (Wildman–Crippen LogP) is 3.13. The Kier molecular flexibility index (Phi) is 2.50. The molecule has 0 aliphatic carbocycles. The van der Waals surface area contributed by atoms with Crippen LogP contribution in [0.5, 0.6) is 5.88 Å². The number of thiazole rings is 1. The van der Waals surface area contributed by atoms with E-state index in [-0.39, 0.29) is 0 Å². The van der Waals surface area contributed by atoms with Crippen molar-refractivity contribution in [1.29, 1.82) is 0 Å². The van der Waals surface area contributed by atoms with E-state index in [2.05, 4.69) is 17.1 Å². The quantitative estimate of drug-likeness (QED) is 0.751. The van der Waals surface area contributed by atoms with Crippen molar-refractivity contribution >= 4 is 11.3 Å². The third-order valence-electron chi connectivity index (χ3n) is 1.97. The van der Waals surface area contributed by atoms with Crippen molar-refractivity contribution in [3.05, 3.63) is 35.2 Å². The zero-order chi connectivity index (χ0) is 9.97. The summed E-state index contributed by atoms with van der Waals surface area (Å²) in [5.74, 6) is 0.730. The number of hydrogen-bond acceptors (Lipinski definition) is 3. The van der Waals surface area contributed by atoms with Crippen molar-refractivity contribution in [3.63, 3.8) is 0 Å². The van der Waals surface area contributed by atoms with Crippen LogP contribution < -0.4 is 4.74 Å². The van der Waals surface area contributed by atoms with Gasteiger partial charge in [0.1, 0.15) is 5.01 Å². The molecule has 0 radical (unpaired) electrons. The summed E-state index contributed by atoms with van der Waals surface area (Å²) in [6.45, 7) is 2.02. The van der Waals surface area contributed by atoms with Crippen LogP contribution in [0.2, 0.25) is 0 Å². The normalized spacial score (nSPS) is 10.1. The lowest BCUT2D eigenvalue weighted by Crippen LogP contribution is -1.83. The van der Waals surface area contributed by atoms with Crippen LogP contribution >= 0.6 is 11.3 Å². The van der Waals surface area contributed by atoms with Crippen molar-refractivity contribution in [3.8, 4) is 16.5 Å². The van der Waals surface area contributed by atoms with Gasteiger partial charge in [0.15, 0.2) is 0 Å². The first kappa shape index (κ1) is 9.21. The summed E-state index contributed by atoms with van der Waals surface area (Å²) >= 11 is 1.66. The van der Waals surface area contributed by atoms with Gasteiger partial charge >= 0.3 is 0 Å². The zero-order valence-corrected chi connectivity index (χ0v) is 8.97. The second-order valence-corrected chi connectivity index (χ2v) is 4.15. The maximum Gasteiger partial charge on any atom is 0.227 e. The minimum absolute atomic E-state index is 0.730. The molecule has 1 heterocycles. The fourth-order valence-corrected chi connectivity index (χ4v) is 2.16. The minimum atomic E-state index is 0.730. The van der Waals surface area contributed by atoms with Gasteiger partial charge in [-0.05, 0) is 6.92 Å². The molecule has 0 bridgehead atoms. The van der Waals surface area contributed by atoms with E-state index in [1.807, 2.05) is 25.1 Å². The summed E-state index contributed by atoms with van der Waals surface area (Å²) in [5, 5.41) is 1.01. The minimum Gasteiger partial charge on any atom is -0.480 e. The van der Waals surface area contributed by atoms with Crippen molar-refractivity contribution in [2.45, 2.75) is 6.92 Å². The van der Waals surface area contributed by atoms with Crippen LogP contribution in [-0.2, 0) is 0 Å². The van der Waals surface area contributed by atoms with Crippen LogP contribution in [0.15, 0.2) is 30.3 Å². The standard InChI is InChI=1S/C11H11NOS/c1-8-10(13-2)12-11(14-8)9-6-4-3-5-7-9/h3-7H,1-2H3. The Labute approximate surface area is 87.2 Å². The molecule has 72 valence electrons. The molecule has 0 N–H and O–H groups in total. The van der Waals surface area contributed by atoms with Gasteiger partial charge in [0, 0.05) is 5.56 Å². The van der Waals surface area contributed by atoms with E-state index < -0.39 is 0 Å². The van der Waals surface area contributed by atoms with Crippen LogP contribution in [0.3, 0.4) is 0 Å². The average Bonchev–Trinajstić information content (AvgIpc) is 2.61. The molecule has 14 heavy (non-hydrogen) atoms. The number of nitrogens with zero attached hydrogens (tertiary/aromatic N) is 1. The highest BCUT2D eigenvalue weighted by atomic mass is 32.1. The Morgan fingerprint density at radius 3 is 2.50 bits per heavy atom. The number of aromatic nitrogens is 1. The molecular weight excluding hydrogens is 194 g/mol. The lowest BCUT2D eigenvalue weighted by molar-refractivity contribution is 0.398. The molecule has 2 aromatic rings. The maximum absolute atomic E-state index is 5.15. The summed E-state index contributed by atoms with van der Waals surface area (Å²) in [6.07, 6.45) is 0. The summed E-state index contributed by atoms with van der Waals surface area (Å²) in [5.41, 5.74) is 1.14. The van der Waals surface area contributed by atoms with E-state index in [9.17, 15) is 0 Å². The molecule has 0 saturated heterocycles. The number of benzene rings is 1. The Hall–Kier alpha value is -1.35. The topological polar surface area (TPSA) is 22.1 Å². The highest BCUT2D eigenvalue weighted by molar-refractivity contribution is 7.15. The van der Waals surface area contributed by atoms with E-state index in [1.165, 1.54) is 0 Å². The first-order chi connectivity index (χ1) is 6.81. The van der Waals surface area contributed by atoms with Gasteiger partial charge in [0.2, 0.25) is 5.88 Å². The molecule has 0 atom stereocenters. The first-order valence-electron chi connectivity index (χ1n) is 4.38. The summed E-state index contributed by atoms with van der Waals surface area (Å²) < 4.78 is 5.15. The van der Waals surface area contributed by atoms with Crippen molar-refractivity contribution < 1.29 is 4.74 Å². The third-order valence-corrected chi connectivity index (χ3v) is 2.97. The van der Waals surface area contributed by atoms with Gasteiger partial charge in [0.05, 0.1) is 12.0 Å². The molecule has 1 aromatic heterocycles. The van der Waals surface area contributed by atoms with E-state index in [0.29, 0.717) is 0 Å². The predicted molar refractivity (Wildman–Crippen MR) is 58.8 cm³/mol. The molecule has 0 amide bonds. The largest absolute Gasteiger partial charge is 0.480 e. The van der Waals surface area contributed by atoms with Gasteiger partial charge < -0.3 is 4.74 Å². The van der Waals surface area contributed by atoms with E-state index in [4.69, 9.17) is 4.74 Å². The Balaban J connectivity index is 2.43. The number of rotatable bonds is 2. The van der Waals surface area contributed by atoms with Crippen molar-refractivity contribution in [2.24, 2.45) is 0 Å². The average molecular weight is 205 g/mol. The molecule has 2 nitrogen and oxygen atoms in total. The number of aryl methyl sites for hydroxylation is 1. The van der Waals surface area contributed by atoms with Crippen LogP contribution in [0.1, 0.15) is 4.88 Å². The fourth-order valence-electron chi connectivity index (χ4n) is 1.28. The van der Waals surface area contributed by atoms with Gasteiger partial charge in [-0.15, -0.1) is 11.3 Å². The Morgan fingerprint density at radius 2 is 1.93 bits per heavy atom. The molecular formula is C11H11NOS. The van der Waals surface area contributed by atoms with Gasteiger partial charge in [-0.2, -0.15) is 0 Å². The van der Waals surface area contributed by atoms with E-state index >= 15 is 0 Å². The molecule has 0 aliphatic rings. The molecule has 0 aliphatic heterocycles. The number of ether oxygens (including phenoxy) is 1. The summed E-state index contributed by atoms with van der Waals surface area (Å²) in [6, 6.07) is 10.1. The molecule has 0 unspecified atom stereocenters. The summed E-state index contributed by atoms with van der Waals surface area (Å²) in [4.78, 5) is 5.51. The van der Waals surface area contributed by atoms with Crippen molar-refractivity contribution in [1.82, 2.24) is 4.98 Å². The van der Waals surface area contributed by atoms with E-state index in [0.717, 1.165) is 21.3 Å². The fraction of sp³-hybridized carbons (Fsp3) is 0.182. The van der Waals surface area contributed by atoms with Gasteiger partial charge in [-0.25, -0.2) is 4.98 Å². The lowest BCUT2D eigenvalue weighted by Gasteiger charge is -1.93. The number of hydrogen-bond donors (Lipinski definition) is 0. The molecule has 2 rings (SSSR count). The molecule has 0 fully saturated rings. The van der Waals surface area contributed by atoms with Crippen LogP contribution in [-0.4, -0.2) is 12.1 Å². The van der Waals surface area contributed by atoms with E-state index in [1.54, 1.807) is 18.4 Å². The second-order valence-electron chi connectivity index (χ2n) is 2.95. The highest BCUT2D eigenvalue weighted by Gasteiger charge is 2.08. The second kappa shape index (κ2) is 3.80. The molecule has 0 spiro atoms. The Bertz CT molecular complexity index is 422. The third kappa shape index (κ3) is 1.63. The Morgan fingerprint density at radius 1 is 1.21 bits per heavy atom. The maximum atomic E-state index is 5.15. The zero-order valence-electron chi connectivity index (χ0n) is 8.15. The van der Waals surface area contributed by atoms with Crippen LogP contribution in [0, 0.1) is 6.92 Å². The lowest BCUT2D eigenvalue weighted by atomic mass is 10.2. The monoisotopic (exact) mass is 205 g/mol. The van der Waals surface area contributed by atoms with Gasteiger partial charge in [-0.1, -0.05) is 30.3 Å². The molecule has 1 aromatic carbocycles. The van der Waals surface area contributed by atoms with Gasteiger partial charge in [0.25, 0.3) is 0 Å². The van der Waals surface area contributed by atoms with Crippen molar-refractivity contribution in [2.75, 3.05) is 7.11 Å². The smallest absolute Gasteiger partial charge is 0.227 e. The SMILES string of the molecule is COc1nc(-c2ccccc2)sc1C. The first-order valence-corrected chi connectivity index (χ1v) is 5.20. The molecule has 0 saturated carbocycles. The summed E-state index contributed by atoms with van der Waals surface area (Å²) in [7, 11) is 1.65. The van der Waals surface area contributed by atoms with Crippen LogP contribution in [0.4, 0.5) is 0 Å². The molecule has 3 heteroatoms. The van der Waals surface area contributed by atoms with Crippen LogP contribution in [0.25, 0.3) is 10.6 Å². The number of methoxy groups -OCH3 is 1. The highest BCUT2D eigenvalue weighted by Crippen LogP contribution is 2.31. The van der Waals surface area contributed by atoms with Gasteiger partial charge in [-0.3, -0.25) is 0 Å².